The lowest BCUT2D eigenvalue weighted by Crippen LogP contribution is -2.55. The third-order valence-electron chi connectivity index (χ3n) is 12.3. The highest BCUT2D eigenvalue weighted by atomic mass is 28.4. The van der Waals surface area contributed by atoms with Crippen molar-refractivity contribution in [2.45, 2.75) is 169 Å². The second-order valence-corrected chi connectivity index (χ2v) is 26.0. The van der Waals surface area contributed by atoms with E-state index in [2.05, 4.69) is 6.92 Å². The standard InChI is InChI=1S/C41H68F2N2O5Si2/c1-13-16-36(42)51(9,10)49-35-25-38(46)48-34(30-20-21-33-32(23-30)44-28(5)45(33)8)24-31-22-29(31)19-15-18-26(3)39(27(4)40(47)41(35,6)7)50-52(11,12)37(43)17-14-2/h20-21,23,26-27,29,31,34-37,39H,13-19,22,24-25H2,1-12H3/t26-,27+,29+,31-,34-,35-,36?,37?,39-/m0/s1. The van der Waals surface area contributed by atoms with Crippen LogP contribution in [0.15, 0.2) is 18.2 Å². The van der Waals surface area contributed by atoms with Gasteiger partial charge in [0.25, 0.3) is 0 Å². The zero-order chi connectivity index (χ0) is 38.8. The normalized spacial score (nSPS) is 29.4. The van der Waals surface area contributed by atoms with Crippen molar-refractivity contribution in [3.8, 4) is 0 Å². The Kier molecular flexibility index (Phi) is 14.2. The number of carbonyl (C=O) groups is 2. The topological polar surface area (TPSA) is 79.7 Å². The first-order chi connectivity index (χ1) is 24.2. The van der Waals surface area contributed by atoms with Crippen LogP contribution in [0.3, 0.4) is 0 Å². The first-order valence-electron chi connectivity index (χ1n) is 20.0. The van der Waals surface area contributed by atoms with Crippen LogP contribution >= 0.6 is 0 Å². The quantitative estimate of drug-likeness (QED) is 0.168. The number of benzene rings is 1. The number of hydrogen-bond acceptors (Lipinski definition) is 6. The van der Waals surface area contributed by atoms with E-state index in [0.717, 1.165) is 54.5 Å². The average molecular weight is 763 g/mol. The summed E-state index contributed by atoms with van der Waals surface area (Å²) in [6.45, 7) is 21.1. The summed E-state index contributed by atoms with van der Waals surface area (Å²) in [7, 11) is -3.87. The van der Waals surface area contributed by atoms with Crippen LogP contribution in [0.2, 0.25) is 26.2 Å². The molecule has 9 atom stereocenters. The number of imidazole rings is 1. The Hall–Kier alpha value is -1.96. The van der Waals surface area contributed by atoms with Crippen molar-refractivity contribution in [1.82, 2.24) is 9.55 Å². The van der Waals surface area contributed by atoms with E-state index in [4.69, 9.17) is 18.6 Å². The van der Waals surface area contributed by atoms with Crippen LogP contribution in [0.1, 0.15) is 123 Å². The number of alkyl halides is 2. The highest BCUT2D eigenvalue weighted by Gasteiger charge is 2.50. The number of Topliss-reactive ketones (excluding diaryl/α,β-unsaturated/α-hetero) is 1. The fourth-order valence-corrected chi connectivity index (χ4v) is 12.9. The number of aromatic nitrogens is 2. The summed E-state index contributed by atoms with van der Waals surface area (Å²) in [5.74, 6) is -1.47. The van der Waals surface area contributed by atoms with Gasteiger partial charge in [-0.2, -0.15) is 0 Å². The highest BCUT2D eigenvalue weighted by Crippen LogP contribution is 2.49. The van der Waals surface area contributed by atoms with Gasteiger partial charge >= 0.3 is 5.97 Å². The van der Waals surface area contributed by atoms with Gasteiger partial charge in [-0.15, -0.1) is 0 Å². The molecular formula is C41H68F2N2O5Si2. The van der Waals surface area contributed by atoms with E-state index in [9.17, 15) is 9.59 Å². The first-order valence-corrected chi connectivity index (χ1v) is 26.0. The molecule has 0 spiro atoms. The molecule has 1 aliphatic carbocycles. The molecule has 52 heavy (non-hydrogen) atoms. The van der Waals surface area contributed by atoms with Gasteiger partial charge in [-0.3, -0.25) is 9.59 Å². The van der Waals surface area contributed by atoms with Gasteiger partial charge in [0.2, 0.25) is 16.6 Å². The van der Waals surface area contributed by atoms with Crippen molar-refractivity contribution in [1.29, 1.82) is 0 Å². The number of esters is 1. The molecule has 2 aliphatic rings. The first kappa shape index (κ1) is 42.8. The van der Waals surface area contributed by atoms with Crippen LogP contribution in [0.5, 0.6) is 0 Å². The van der Waals surface area contributed by atoms with Crippen molar-refractivity contribution in [3.63, 3.8) is 0 Å². The third kappa shape index (κ3) is 10.0. The van der Waals surface area contributed by atoms with Gasteiger partial charge in [-0.05, 0) is 101 Å². The number of nitrogens with zero attached hydrogens (tertiary/aromatic N) is 2. The van der Waals surface area contributed by atoms with E-state index in [-0.39, 0.29) is 18.1 Å². The number of rotatable bonds is 11. The number of cyclic esters (lactones) is 1. The molecule has 1 aromatic heterocycles. The Morgan fingerprint density at radius 2 is 1.58 bits per heavy atom. The molecule has 1 saturated carbocycles. The lowest BCUT2D eigenvalue weighted by Gasteiger charge is -2.43. The fraction of sp³-hybridized carbons (Fsp3) is 0.780. The molecule has 2 heterocycles. The molecule has 294 valence electrons. The zero-order valence-corrected chi connectivity index (χ0v) is 36.2. The van der Waals surface area contributed by atoms with Gasteiger partial charge in [0.15, 0.2) is 0 Å². The van der Waals surface area contributed by atoms with Gasteiger partial charge in [-0.25, -0.2) is 13.8 Å². The van der Waals surface area contributed by atoms with Crippen molar-refractivity contribution < 1.29 is 32.0 Å². The Morgan fingerprint density at radius 3 is 2.19 bits per heavy atom. The Morgan fingerprint density at radius 1 is 0.962 bits per heavy atom. The summed E-state index contributed by atoms with van der Waals surface area (Å²) in [6, 6.07) is 6.10. The minimum atomic E-state index is -3.03. The monoisotopic (exact) mass is 762 g/mol. The molecule has 4 rings (SSSR count). The zero-order valence-electron chi connectivity index (χ0n) is 34.2. The van der Waals surface area contributed by atoms with Crippen molar-refractivity contribution >= 4 is 39.4 Å². The predicted molar refractivity (Wildman–Crippen MR) is 210 cm³/mol. The molecular weight excluding hydrogens is 695 g/mol. The molecule has 1 saturated heterocycles. The molecule has 0 N–H and O–H groups in total. The third-order valence-corrected chi connectivity index (χ3v) is 17.7. The number of ether oxygens (including phenoxy) is 1. The number of ketones is 1. The fourth-order valence-electron chi connectivity index (χ4n) is 8.36. The lowest BCUT2D eigenvalue weighted by atomic mass is 9.73. The summed E-state index contributed by atoms with van der Waals surface area (Å²) >= 11 is 0. The van der Waals surface area contributed by atoms with Crippen molar-refractivity contribution in [2.24, 2.45) is 36.1 Å². The van der Waals surface area contributed by atoms with Crippen LogP contribution < -0.4 is 0 Å². The second kappa shape index (κ2) is 17.2. The van der Waals surface area contributed by atoms with Crippen LogP contribution in [0.4, 0.5) is 8.78 Å². The number of aryl methyl sites for hydroxylation is 2. The summed E-state index contributed by atoms with van der Waals surface area (Å²) < 4.78 is 53.2. The van der Waals surface area contributed by atoms with Gasteiger partial charge in [0, 0.05) is 18.4 Å². The van der Waals surface area contributed by atoms with Gasteiger partial charge < -0.3 is 18.2 Å². The van der Waals surface area contributed by atoms with Gasteiger partial charge in [0.1, 0.15) is 29.3 Å². The van der Waals surface area contributed by atoms with Crippen molar-refractivity contribution in [3.05, 3.63) is 29.6 Å². The summed E-state index contributed by atoms with van der Waals surface area (Å²) in [5, 5.41) is 0. The van der Waals surface area contributed by atoms with Gasteiger partial charge in [0.05, 0.1) is 29.7 Å². The molecule has 0 amide bonds. The van der Waals surface area contributed by atoms with E-state index in [1.807, 2.05) is 97.5 Å². The minimum absolute atomic E-state index is 0.0247. The smallest absolute Gasteiger partial charge is 0.309 e. The van der Waals surface area contributed by atoms with Crippen LogP contribution in [0.25, 0.3) is 11.0 Å². The van der Waals surface area contributed by atoms with E-state index in [1.54, 1.807) is 0 Å². The molecule has 2 unspecified atom stereocenters. The molecule has 2 aromatic rings. The predicted octanol–water partition coefficient (Wildman–Crippen LogP) is 10.5. The van der Waals surface area contributed by atoms with Gasteiger partial charge in [-0.1, -0.05) is 73.3 Å². The Balaban J connectivity index is 1.73. The molecule has 0 radical (unpaired) electrons. The number of halogens is 2. The Labute approximate surface area is 314 Å². The molecule has 0 bridgehead atoms. The maximum Gasteiger partial charge on any atom is 0.309 e. The van der Waals surface area contributed by atoms with E-state index >= 15 is 8.78 Å². The lowest BCUT2D eigenvalue weighted by molar-refractivity contribution is -0.156. The summed E-state index contributed by atoms with van der Waals surface area (Å²) in [4.78, 5) is 33.7. The van der Waals surface area contributed by atoms with Crippen molar-refractivity contribution in [2.75, 3.05) is 0 Å². The number of hydrogen-bond donors (Lipinski definition) is 0. The summed E-state index contributed by atoms with van der Waals surface area (Å²) in [6.07, 6.45) is 4.84. The van der Waals surface area contributed by atoms with E-state index in [0.29, 0.717) is 37.5 Å². The van der Waals surface area contributed by atoms with Crippen LogP contribution in [-0.2, 0) is 30.2 Å². The maximum absolute atomic E-state index is 15.7. The highest BCUT2D eigenvalue weighted by molar-refractivity contribution is 6.72. The Bertz CT molecular complexity index is 1530. The molecule has 1 aliphatic heterocycles. The average Bonchev–Trinajstić information content (AvgIpc) is 3.75. The number of carbonyl (C=O) groups excluding carboxylic acids is 2. The van der Waals surface area contributed by atoms with E-state index < -0.39 is 63.8 Å². The second-order valence-electron chi connectivity index (χ2n) is 17.8. The van der Waals surface area contributed by atoms with E-state index in [1.165, 1.54) is 0 Å². The summed E-state index contributed by atoms with van der Waals surface area (Å²) in [5.41, 5.74) is 1.60. The SMILES string of the molecule is CCCC(F)[Si](C)(C)O[C@H]1[C@@H](C)CCC[C@@H]2C[C@H]2C[C@@H](c2ccc3c(c2)nc(C)n3C)OC(=O)C[C@H](O[Si](C)(C)C(F)CCC)C(C)(C)C(=O)[C@@H]1C. The largest absolute Gasteiger partial charge is 0.457 e. The molecule has 1 aromatic carbocycles. The van der Waals surface area contributed by atoms with Crippen LogP contribution in [0, 0.1) is 36.0 Å². The molecule has 7 nitrogen and oxygen atoms in total. The van der Waals surface area contributed by atoms with Crippen LogP contribution in [-0.4, -0.2) is 61.7 Å². The number of fused-ring (bicyclic) bond motifs is 2. The minimum Gasteiger partial charge on any atom is -0.457 e. The molecule has 11 heteroatoms. The molecule has 2 fully saturated rings. The maximum atomic E-state index is 15.7.